The lowest BCUT2D eigenvalue weighted by Gasteiger charge is -2.16. The van der Waals surface area contributed by atoms with Crippen LogP contribution in [-0.4, -0.2) is 18.0 Å². The first-order valence-electron chi connectivity index (χ1n) is 5.49. The van der Waals surface area contributed by atoms with Crippen molar-refractivity contribution >= 4 is 5.69 Å². The van der Waals surface area contributed by atoms with Gasteiger partial charge in [-0.2, -0.15) is 0 Å². The lowest BCUT2D eigenvalue weighted by molar-refractivity contribution is 0.331. The lowest BCUT2D eigenvalue weighted by atomic mass is 10.1. The minimum Gasteiger partial charge on any atom is -0.299 e. The topological polar surface area (TPSA) is 7.60 Å². The van der Waals surface area contributed by atoms with Gasteiger partial charge in [0.2, 0.25) is 0 Å². The molecule has 2 heteroatoms. The highest BCUT2D eigenvalue weighted by atomic mass is 15.1. The van der Waals surface area contributed by atoms with Gasteiger partial charge in [0.05, 0.1) is 6.57 Å². The zero-order chi connectivity index (χ0) is 10.7. The SMILES string of the molecule is [C-]#[N+]c1ccc(CN2CCCC2)c(C)c1. The molecular formula is C13H16N2. The third kappa shape index (κ3) is 2.37. The van der Waals surface area contributed by atoms with E-state index in [-0.39, 0.29) is 0 Å². The van der Waals surface area contributed by atoms with E-state index in [1.54, 1.807) is 0 Å². The average molecular weight is 200 g/mol. The smallest absolute Gasteiger partial charge is 0.187 e. The van der Waals surface area contributed by atoms with Crippen LogP contribution in [0.4, 0.5) is 5.69 Å². The molecule has 1 aromatic carbocycles. The predicted octanol–water partition coefficient (Wildman–Crippen LogP) is 3.14. The summed E-state index contributed by atoms with van der Waals surface area (Å²) in [7, 11) is 0. The second-order valence-electron chi connectivity index (χ2n) is 4.21. The Balaban J connectivity index is 2.11. The molecule has 0 saturated carbocycles. The molecule has 78 valence electrons. The van der Waals surface area contributed by atoms with E-state index in [2.05, 4.69) is 22.7 Å². The molecule has 1 saturated heterocycles. The summed E-state index contributed by atoms with van der Waals surface area (Å²) >= 11 is 0. The number of aryl methyl sites for hydroxylation is 1. The van der Waals surface area contributed by atoms with Crippen molar-refractivity contribution in [2.24, 2.45) is 0 Å². The maximum Gasteiger partial charge on any atom is 0.187 e. The number of hydrogen-bond acceptors (Lipinski definition) is 1. The lowest BCUT2D eigenvalue weighted by Crippen LogP contribution is -2.18. The van der Waals surface area contributed by atoms with Crippen molar-refractivity contribution in [3.63, 3.8) is 0 Å². The van der Waals surface area contributed by atoms with Crippen LogP contribution in [0.25, 0.3) is 4.85 Å². The van der Waals surface area contributed by atoms with Gasteiger partial charge in [0.1, 0.15) is 0 Å². The zero-order valence-corrected chi connectivity index (χ0v) is 9.16. The Kier molecular flexibility index (Phi) is 3.03. The molecule has 0 aromatic heterocycles. The molecule has 1 aliphatic rings. The third-order valence-corrected chi connectivity index (χ3v) is 3.05. The van der Waals surface area contributed by atoms with Crippen LogP contribution >= 0.6 is 0 Å². The molecule has 0 unspecified atom stereocenters. The second kappa shape index (κ2) is 4.46. The van der Waals surface area contributed by atoms with Gasteiger partial charge in [-0.15, -0.1) is 0 Å². The Bertz CT molecular complexity index is 384. The van der Waals surface area contributed by atoms with E-state index in [1.165, 1.54) is 37.1 Å². The van der Waals surface area contributed by atoms with Crippen molar-refractivity contribution in [3.8, 4) is 0 Å². The summed E-state index contributed by atoms with van der Waals surface area (Å²) in [6.07, 6.45) is 2.67. The van der Waals surface area contributed by atoms with E-state index in [9.17, 15) is 0 Å². The van der Waals surface area contributed by atoms with E-state index in [0.717, 1.165) is 12.2 Å². The van der Waals surface area contributed by atoms with E-state index in [1.807, 2.05) is 12.1 Å². The highest BCUT2D eigenvalue weighted by Gasteiger charge is 2.12. The highest BCUT2D eigenvalue weighted by molar-refractivity contribution is 5.49. The van der Waals surface area contributed by atoms with Crippen molar-refractivity contribution in [2.45, 2.75) is 26.3 Å². The summed E-state index contributed by atoms with van der Waals surface area (Å²) in [6, 6.07) is 6.00. The fraction of sp³-hybridized carbons (Fsp3) is 0.462. The first kappa shape index (κ1) is 10.2. The molecule has 1 aromatic rings. The third-order valence-electron chi connectivity index (χ3n) is 3.05. The molecular weight excluding hydrogens is 184 g/mol. The summed E-state index contributed by atoms with van der Waals surface area (Å²) in [6.45, 7) is 12.5. The molecule has 0 atom stereocenters. The number of benzene rings is 1. The van der Waals surface area contributed by atoms with Crippen LogP contribution in [-0.2, 0) is 6.54 Å². The molecule has 0 N–H and O–H groups in total. The molecule has 1 fully saturated rings. The van der Waals surface area contributed by atoms with E-state index < -0.39 is 0 Å². The average Bonchev–Trinajstić information content (AvgIpc) is 2.74. The Morgan fingerprint density at radius 3 is 2.67 bits per heavy atom. The summed E-state index contributed by atoms with van der Waals surface area (Å²) in [5.74, 6) is 0. The predicted molar refractivity (Wildman–Crippen MR) is 62.0 cm³/mol. The van der Waals surface area contributed by atoms with E-state index in [0.29, 0.717) is 0 Å². The zero-order valence-electron chi connectivity index (χ0n) is 9.16. The Labute approximate surface area is 91.3 Å². The largest absolute Gasteiger partial charge is 0.299 e. The maximum absolute atomic E-state index is 6.95. The van der Waals surface area contributed by atoms with E-state index in [4.69, 9.17) is 6.57 Å². The van der Waals surface area contributed by atoms with Crippen LogP contribution in [0.5, 0.6) is 0 Å². The number of hydrogen-bond donors (Lipinski definition) is 0. The van der Waals surface area contributed by atoms with Crippen molar-refractivity contribution in [3.05, 3.63) is 40.7 Å². The summed E-state index contributed by atoms with van der Waals surface area (Å²) < 4.78 is 0. The van der Waals surface area contributed by atoms with Crippen LogP contribution in [0.15, 0.2) is 18.2 Å². The molecule has 1 heterocycles. The van der Waals surface area contributed by atoms with Gasteiger partial charge in [0, 0.05) is 6.54 Å². The van der Waals surface area contributed by atoms with Crippen molar-refractivity contribution in [2.75, 3.05) is 13.1 Å². The van der Waals surface area contributed by atoms with Gasteiger partial charge in [-0.25, -0.2) is 4.85 Å². The minimum atomic E-state index is 0.748. The van der Waals surface area contributed by atoms with Crippen molar-refractivity contribution < 1.29 is 0 Å². The van der Waals surface area contributed by atoms with Crippen LogP contribution < -0.4 is 0 Å². The molecule has 2 rings (SSSR count). The second-order valence-corrected chi connectivity index (χ2v) is 4.21. The van der Waals surface area contributed by atoms with Crippen LogP contribution in [0.1, 0.15) is 24.0 Å². The molecule has 1 aliphatic heterocycles. The minimum absolute atomic E-state index is 0.748. The monoisotopic (exact) mass is 200 g/mol. The van der Waals surface area contributed by atoms with Gasteiger partial charge >= 0.3 is 0 Å². The number of likely N-dealkylation sites (tertiary alicyclic amines) is 1. The molecule has 15 heavy (non-hydrogen) atoms. The Morgan fingerprint density at radius 1 is 1.33 bits per heavy atom. The highest BCUT2D eigenvalue weighted by Crippen LogP contribution is 2.20. The van der Waals surface area contributed by atoms with Crippen LogP contribution in [0.3, 0.4) is 0 Å². The number of rotatable bonds is 2. The van der Waals surface area contributed by atoms with Crippen molar-refractivity contribution in [1.29, 1.82) is 0 Å². The molecule has 0 aliphatic carbocycles. The summed E-state index contributed by atoms with van der Waals surface area (Å²) in [4.78, 5) is 5.93. The fourth-order valence-electron chi connectivity index (χ4n) is 2.11. The summed E-state index contributed by atoms with van der Waals surface area (Å²) in [5, 5.41) is 0. The standard InChI is InChI=1S/C13H16N2/c1-11-9-13(14-2)6-5-12(11)10-15-7-3-4-8-15/h5-6,9H,3-4,7-8,10H2,1H3. The van der Waals surface area contributed by atoms with Crippen molar-refractivity contribution in [1.82, 2.24) is 4.90 Å². The van der Waals surface area contributed by atoms with Gasteiger partial charge < -0.3 is 0 Å². The normalized spacial score (nSPS) is 16.5. The molecule has 2 nitrogen and oxygen atoms in total. The van der Waals surface area contributed by atoms with Gasteiger partial charge in [0.25, 0.3) is 0 Å². The number of nitrogens with zero attached hydrogens (tertiary/aromatic N) is 2. The Hall–Kier alpha value is -1.33. The summed E-state index contributed by atoms with van der Waals surface area (Å²) in [5.41, 5.74) is 3.36. The maximum atomic E-state index is 6.95. The van der Waals surface area contributed by atoms with Gasteiger partial charge in [-0.3, -0.25) is 4.90 Å². The van der Waals surface area contributed by atoms with Gasteiger partial charge in [0.15, 0.2) is 5.69 Å². The van der Waals surface area contributed by atoms with E-state index >= 15 is 0 Å². The molecule has 0 radical (unpaired) electrons. The first-order chi connectivity index (χ1) is 7.29. The van der Waals surface area contributed by atoms with Gasteiger partial charge in [-0.1, -0.05) is 23.8 Å². The van der Waals surface area contributed by atoms with Crippen LogP contribution in [0, 0.1) is 13.5 Å². The fourth-order valence-corrected chi connectivity index (χ4v) is 2.11. The first-order valence-corrected chi connectivity index (χ1v) is 5.49. The molecule has 0 bridgehead atoms. The molecule has 0 amide bonds. The van der Waals surface area contributed by atoms with Gasteiger partial charge in [-0.05, 0) is 38.4 Å². The quantitative estimate of drug-likeness (QED) is 0.665. The molecule has 0 spiro atoms. The Morgan fingerprint density at radius 2 is 2.07 bits per heavy atom. The van der Waals surface area contributed by atoms with Crippen LogP contribution in [0.2, 0.25) is 0 Å².